The van der Waals surface area contributed by atoms with Crippen molar-refractivity contribution in [3.8, 4) is 11.8 Å². The van der Waals surface area contributed by atoms with Gasteiger partial charge in [-0.3, -0.25) is 0 Å². The van der Waals surface area contributed by atoms with E-state index in [-0.39, 0.29) is 0 Å². The molecule has 1 N–H and O–H groups in total. The number of nitriles is 1. The van der Waals surface area contributed by atoms with Gasteiger partial charge >= 0.3 is 0 Å². The molecule has 0 amide bonds. The number of nitrogens with one attached hydrogen (secondary N) is 1. The van der Waals surface area contributed by atoms with Crippen molar-refractivity contribution in [2.75, 3.05) is 12.4 Å². The Morgan fingerprint density at radius 2 is 1.95 bits per heavy atom. The van der Waals surface area contributed by atoms with Gasteiger partial charge in [-0.2, -0.15) is 5.26 Å². The predicted octanol–water partition coefficient (Wildman–Crippen LogP) is 3.80. The highest BCUT2D eigenvalue weighted by Gasteiger charge is 2.04. The van der Waals surface area contributed by atoms with Crippen molar-refractivity contribution < 1.29 is 4.74 Å². The van der Waals surface area contributed by atoms with Crippen LogP contribution < -0.4 is 10.1 Å². The van der Waals surface area contributed by atoms with E-state index in [2.05, 4.69) is 43.4 Å². The van der Waals surface area contributed by atoms with E-state index < -0.39 is 0 Å². The van der Waals surface area contributed by atoms with E-state index in [9.17, 15) is 0 Å². The van der Waals surface area contributed by atoms with Crippen molar-refractivity contribution in [1.82, 2.24) is 0 Å². The van der Waals surface area contributed by atoms with Crippen LogP contribution in [0, 0.1) is 25.2 Å². The van der Waals surface area contributed by atoms with Gasteiger partial charge in [-0.25, -0.2) is 0 Å². The molecule has 2 aromatic rings. The lowest BCUT2D eigenvalue weighted by atomic mass is 10.1. The second-order valence-electron chi connectivity index (χ2n) is 4.82. The van der Waals surface area contributed by atoms with Crippen LogP contribution in [0.4, 0.5) is 5.69 Å². The van der Waals surface area contributed by atoms with E-state index in [0.717, 1.165) is 11.3 Å². The summed E-state index contributed by atoms with van der Waals surface area (Å²) in [7, 11) is 1.57. The number of hydrogen-bond acceptors (Lipinski definition) is 3. The smallest absolute Gasteiger partial charge is 0.136 e. The SMILES string of the molecule is COc1ccc(CNc2cc(C)ccc2C)cc1C#N. The molecule has 0 atom stereocenters. The van der Waals surface area contributed by atoms with Crippen LogP contribution in [0.3, 0.4) is 0 Å². The molecular weight excluding hydrogens is 248 g/mol. The summed E-state index contributed by atoms with van der Waals surface area (Å²) in [4.78, 5) is 0. The van der Waals surface area contributed by atoms with Crippen LogP contribution in [-0.2, 0) is 6.54 Å². The molecule has 0 spiro atoms. The minimum Gasteiger partial charge on any atom is -0.495 e. The molecule has 0 fully saturated rings. The van der Waals surface area contributed by atoms with E-state index in [0.29, 0.717) is 17.9 Å². The first-order valence-corrected chi connectivity index (χ1v) is 6.52. The van der Waals surface area contributed by atoms with Crippen LogP contribution >= 0.6 is 0 Å². The third-order valence-corrected chi connectivity index (χ3v) is 3.26. The molecule has 3 heteroatoms. The lowest BCUT2D eigenvalue weighted by Crippen LogP contribution is -2.02. The molecular formula is C17H18N2O. The maximum atomic E-state index is 9.09. The van der Waals surface area contributed by atoms with Crippen molar-refractivity contribution in [3.63, 3.8) is 0 Å². The average molecular weight is 266 g/mol. The summed E-state index contributed by atoms with van der Waals surface area (Å²) in [6.07, 6.45) is 0. The summed E-state index contributed by atoms with van der Waals surface area (Å²) < 4.78 is 5.15. The number of ether oxygens (including phenoxy) is 1. The van der Waals surface area contributed by atoms with Gasteiger partial charge in [-0.15, -0.1) is 0 Å². The van der Waals surface area contributed by atoms with Gasteiger partial charge in [0.2, 0.25) is 0 Å². The van der Waals surface area contributed by atoms with Crippen LogP contribution in [0.15, 0.2) is 36.4 Å². The molecule has 20 heavy (non-hydrogen) atoms. The van der Waals surface area contributed by atoms with Gasteiger partial charge in [0.05, 0.1) is 12.7 Å². The van der Waals surface area contributed by atoms with Gasteiger partial charge in [-0.1, -0.05) is 18.2 Å². The second kappa shape index (κ2) is 6.12. The Morgan fingerprint density at radius 3 is 2.65 bits per heavy atom. The topological polar surface area (TPSA) is 45.0 Å². The monoisotopic (exact) mass is 266 g/mol. The molecule has 0 saturated heterocycles. The maximum Gasteiger partial charge on any atom is 0.136 e. The van der Waals surface area contributed by atoms with Crippen LogP contribution in [0.2, 0.25) is 0 Å². The fourth-order valence-electron chi connectivity index (χ4n) is 2.08. The summed E-state index contributed by atoms with van der Waals surface area (Å²) in [5, 5.41) is 12.5. The van der Waals surface area contributed by atoms with Gasteiger partial charge in [0.15, 0.2) is 0 Å². The number of rotatable bonds is 4. The Hall–Kier alpha value is -2.47. The summed E-state index contributed by atoms with van der Waals surface area (Å²) in [6.45, 7) is 4.84. The van der Waals surface area contributed by atoms with Crippen LogP contribution in [-0.4, -0.2) is 7.11 Å². The first-order chi connectivity index (χ1) is 9.63. The Morgan fingerprint density at radius 1 is 1.15 bits per heavy atom. The largest absolute Gasteiger partial charge is 0.495 e. The normalized spacial score (nSPS) is 9.90. The summed E-state index contributed by atoms with van der Waals surface area (Å²) in [5.41, 5.74) is 5.19. The fourth-order valence-corrected chi connectivity index (χ4v) is 2.08. The highest BCUT2D eigenvalue weighted by molar-refractivity contribution is 5.53. The average Bonchev–Trinajstić information content (AvgIpc) is 2.47. The minimum absolute atomic E-state index is 0.563. The lowest BCUT2D eigenvalue weighted by molar-refractivity contribution is 0.413. The molecule has 2 rings (SSSR count). The molecule has 0 aromatic heterocycles. The van der Waals surface area contributed by atoms with Crippen molar-refractivity contribution >= 4 is 5.69 Å². The van der Waals surface area contributed by atoms with Crippen LogP contribution in [0.5, 0.6) is 5.75 Å². The van der Waals surface area contributed by atoms with Crippen LogP contribution in [0.1, 0.15) is 22.3 Å². The Kier molecular flexibility index (Phi) is 4.27. The summed E-state index contributed by atoms with van der Waals surface area (Å²) in [5.74, 6) is 0.614. The van der Waals surface area contributed by atoms with Crippen LogP contribution in [0.25, 0.3) is 0 Å². The summed E-state index contributed by atoms with van der Waals surface area (Å²) in [6, 6.07) is 14.1. The van der Waals surface area contributed by atoms with Gasteiger partial charge in [-0.05, 0) is 48.7 Å². The number of benzene rings is 2. The van der Waals surface area contributed by atoms with E-state index in [1.54, 1.807) is 7.11 Å². The zero-order chi connectivity index (χ0) is 14.5. The zero-order valence-electron chi connectivity index (χ0n) is 12.0. The van der Waals surface area contributed by atoms with E-state index in [1.165, 1.54) is 11.1 Å². The lowest BCUT2D eigenvalue weighted by Gasteiger charge is -2.11. The highest BCUT2D eigenvalue weighted by Crippen LogP contribution is 2.21. The van der Waals surface area contributed by atoms with Crippen molar-refractivity contribution in [1.29, 1.82) is 5.26 Å². The quantitative estimate of drug-likeness (QED) is 0.915. The number of nitrogens with zero attached hydrogens (tertiary/aromatic N) is 1. The Bertz CT molecular complexity index is 657. The highest BCUT2D eigenvalue weighted by atomic mass is 16.5. The maximum absolute atomic E-state index is 9.09. The van der Waals surface area contributed by atoms with Gasteiger partial charge < -0.3 is 10.1 Å². The van der Waals surface area contributed by atoms with E-state index in [1.807, 2.05) is 18.2 Å². The molecule has 0 aliphatic heterocycles. The Balaban J connectivity index is 2.15. The van der Waals surface area contributed by atoms with Gasteiger partial charge in [0, 0.05) is 12.2 Å². The van der Waals surface area contributed by atoms with Gasteiger partial charge in [0.25, 0.3) is 0 Å². The molecule has 0 aliphatic carbocycles. The minimum atomic E-state index is 0.563. The zero-order valence-corrected chi connectivity index (χ0v) is 12.0. The van der Waals surface area contributed by atoms with E-state index >= 15 is 0 Å². The number of hydrogen-bond donors (Lipinski definition) is 1. The molecule has 0 saturated carbocycles. The van der Waals surface area contributed by atoms with Crippen molar-refractivity contribution in [2.45, 2.75) is 20.4 Å². The number of methoxy groups -OCH3 is 1. The van der Waals surface area contributed by atoms with Gasteiger partial charge in [0.1, 0.15) is 11.8 Å². The van der Waals surface area contributed by atoms with Crippen molar-refractivity contribution in [3.05, 3.63) is 58.7 Å². The molecule has 0 unspecified atom stereocenters. The third kappa shape index (κ3) is 3.10. The predicted molar refractivity (Wildman–Crippen MR) is 81.0 cm³/mol. The molecule has 2 aromatic carbocycles. The van der Waals surface area contributed by atoms with E-state index in [4.69, 9.17) is 10.00 Å². The molecule has 102 valence electrons. The molecule has 0 bridgehead atoms. The molecule has 0 aliphatic rings. The molecule has 0 radical (unpaired) electrons. The van der Waals surface area contributed by atoms with Crippen molar-refractivity contribution in [2.24, 2.45) is 0 Å². The second-order valence-corrected chi connectivity index (χ2v) is 4.82. The first kappa shape index (κ1) is 14.0. The summed E-state index contributed by atoms with van der Waals surface area (Å²) >= 11 is 0. The third-order valence-electron chi connectivity index (χ3n) is 3.26. The Labute approximate surface area is 119 Å². The first-order valence-electron chi connectivity index (χ1n) is 6.52. The molecule has 0 heterocycles. The molecule has 3 nitrogen and oxygen atoms in total. The fraction of sp³-hybridized carbons (Fsp3) is 0.235. The number of anilines is 1. The standard InChI is InChI=1S/C17H18N2O/c1-12-4-5-13(2)16(8-12)19-11-14-6-7-17(20-3)15(9-14)10-18/h4-9,19H,11H2,1-3H3. The number of aryl methyl sites for hydroxylation is 2.